The fraction of sp³-hybridized carbons (Fsp3) is 0.421. The summed E-state index contributed by atoms with van der Waals surface area (Å²) in [6.07, 6.45) is -0.0668. The van der Waals surface area contributed by atoms with Crippen LogP contribution in [-0.4, -0.2) is 37.8 Å². The van der Waals surface area contributed by atoms with Gasteiger partial charge in [0.15, 0.2) is 5.96 Å². The van der Waals surface area contributed by atoms with Crippen LogP contribution in [0.3, 0.4) is 0 Å². The number of ether oxygens (including phenoxy) is 1. The lowest BCUT2D eigenvalue weighted by Gasteiger charge is -2.22. The molecule has 5 nitrogen and oxygen atoms in total. The molecule has 3 N–H and O–H groups in total. The molecule has 26 heavy (non-hydrogen) atoms. The topological polar surface area (TPSA) is 65.9 Å². The monoisotopic (exact) mass is 489 g/mol. The first-order valence-electron chi connectivity index (χ1n) is 8.43. The van der Waals surface area contributed by atoms with E-state index in [0.717, 1.165) is 17.0 Å². The molecule has 1 heterocycles. The first kappa shape index (κ1) is 22.9. The highest BCUT2D eigenvalue weighted by Gasteiger charge is 2.24. The maximum absolute atomic E-state index is 10.6. The lowest BCUT2D eigenvalue weighted by atomic mass is 10.1. The number of halogens is 1. The molecule has 0 amide bonds. The highest BCUT2D eigenvalue weighted by Crippen LogP contribution is 2.25. The zero-order chi connectivity index (χ0) is 18.1. The number of nitrogens with one attached hydrogen (secondary N) is 2. The fourth-order valence-corrected chi connectivity index (χ4v) is 3.21. The van der Waals surface area contributed by atoms with Gasteiger partial charge in [-0.3, -0.25) is 0 Å². The third-order valence-electron chi connectivity index (χ3n) is 3.85. The Balaban J connectivity index is 0.00000338. The Morgan fingerprint density at radius 1 is 1.23 bits per heavy atom. The molecule has 0 aliphatic rings. The Morgan fingerprint density at radius 3 is 2.54 bits per heavy atom. The van der Waals surface area contributed by atoms with Crippen LogP contribution in [0.15, 0.2) is 52.8 Å². The summed E-state index contributed by atoms with van der Waals surface area (Å²) >= 11 is 1.53. The van der Waals surface area contributed by atoms with Crippen molar-refractivity contribution in [2.24, 2.45) is 4.99 Å². The molecule has 2 rings (SSSR count). The van der Waals surface area contributed by atoms with Crippen LogP contribution < -0.4 is 10.6 Å². The van der Waals surface area contributed by atoms with Gasteiger partial charge in [-0.2, -0.15) is 0 Å². The van der Waals surface area contributed by atoms with Crippen LogP contribution in [-0.2, 0) is 10.3 Å². The smallest absolute Gasteiger partial charge is 0.191 e. The lowest BCUT2D eigenvalue weighted by molar-refractivity contribution is 0.0710. The number of aliphatic imine (C=N–C) groups is 1. The summed E-state index contributed by atoms with van der Waals surface area (Å²) < 4.78 is 5.58. The number of benzene rings is 1. The number of guanidine groups is 1. The van der Waals surface area contributed by atoms with Crippen LogP contribution >= 0.6 is 35.3 Å². The third kappa shape index (κ3) is 6.86. The molecule has 1 aromatic carbocycles. The maximum Gasteiger partial charge on any atom is 0.191 e. The fourth-order valence-electron chi connectivity index (χ4n) is 2.43. The molecule has 0 bridgehead atoms. The van der Waals surface area contributed by atoms with Crippen LogP contribution in [0.25, 0.3) is 0 Å². The molecule has 2 atom stereocenters. The molecule has 2 unspecified atom stereocenters. The average Bonchev–Trinajstić information content (AvgIpc) is 3.17. The summed E-state index contributed by atoms with van der Waals surface area (Å²) in [4.78, 5) is 5.45. The number of hydrogen-bond acceptors (Lipinski definition) is 4. The predicted molar refractivity (Wildman–Crippen MR) is 119 cm³/mol. The number of rotatable bonds is 8. The zero-order valence-electron chi connectivity index (χ0n) is 15.4. The Kier molecular flexibility index (Phi) is 10.1. The van der Waals surface area contributed by atoms with E-state index in [0.29, 0.717) is 12.5 Å². The third-order valence-corrected chi connectivity index (χ3v) is 4.98. The van der Waals surface area contributed by atoms with Gasteiger partial charge >= 0.3 is 0 Å². The van der Waals surface area contributed by atoms with Crippen molar-refractivity contribution >= 4 is 41.3 Å². The molecule has 1 aromatic heterocycles. The van der Waals surface area contributed by atoms with Crippen LogP contribution in [0.2, 0.25) is 0 Å². The first-order valence-corrected chi connectivity index (χ1v) is 9.31. The molecular weight excluding hydrogens is 461 g/mol. The Labute approximate surface area is 176 Å². The van der Waals surface area contributed by atoms with E-state index in [2.05, 4.69) is 15.6 Å². The SMILES string of the molecule is CCNC(=NCC(C)(O)c1cccs1)NCC(OC)c1ccccc1.I. The van der Waals surface area contributed by atoms with Gasteiger partial charge in [-0.1, -0.05) is 36.4 Å². The van der Waals surface area contributed by atoms with E-state index in [-0.39, 0.29) is 36.6 Å². The Hall–Kier alpha value is -1.16. The largest absolute Gasteiger partial charge is 0.383 e. The predicted octanol–water partition coefficient (Wildman–Crippen LogP) is 3.52. The molecule has 0 fully saturated rings. The van der Waals surface area contributed by atoms with Gasteiger partial charge in [0.25, 0.3) is 0 Å². The van der Waals surface area contributed by atoms with Gasteiger partial charge in [0, 0.05) is 25.1 Å². The van der Waals surface area contributed by atoms with Crippen molar-refractivity contribution in [3.8, 4) is 0 Å². The van der Waals surface area contributed by atoms with E-state index in [1.54, 1.807) is 14.0 Å². The van der Waals surface area contributed by atoms with E-state index in [9.17, 15) is 5.11 Å². The second-order valence-corrected chi connectivity index (χ2v) is 6.91. The van der Waals surface area contributed by atoms with Crippen molar-refractivity contribution in [2.75, 3.05) is 26.7 Å². The van der Waals surface area contributed by atoms with Crippen molar-refractivity contribution < 1.29 is 9.84 Å². The van der Waals surface area contributed by atoms with Crippen LogP contribution in [0, 0.1) is 0 Å². The molecule has 0 saturated heterocycles. The molecule has 2 aromatic rings. The van der Waals surface area contributed by atoms with Gasteiger partial charge in [-0.05, 0) is 30.9 Å². The average molecular weight is 489 g/mol. The van der Waals surface area contributed by atoms with E-state index < -0.39 is 5.60 Å². The molecule has 0 spiro atoms. The second-order valence-electron chi connectivity index (χ2n) is 5.96. The van der Waals surface area contributed by atoms with Gasteiger partial charge in [0.1, 0.15) is 5.60 Å². The summed E-state index contributed by atoms with van der Waals surface area (Å²) in [7, 11) is 1.70. The lowest BCUT2D eigenvalue weighted by Crippen LogP contribution is -2.40. The van der Waals surface area contributed by atoms with Gasteiger partial charge in [0.05, 0.1) is 12.6 Å². The van der Waals surface area contributed by atoms with Crippen LogP contribution in [0.4, 0.5) is 0 Å². The molecule has 0 aliphatic carbocycles. The van der Waals surface area contributed by atoms with Crippen molar-refractivity contribution in [1.82, 2.24) is 10.6 Å². The summed E-state index contributed by atoms with van der Waals surface area (Å²) in [5.74, 6) is 0.664. The van der Waals surface area contributed by atoms with Crippen molar-refractivity contribution in [1.29, 1.82) is 0 Å². The van der Waals surface area contributed by atoms with Crippen LogP contribution in [0.5, 0.6) is 0 Å². The van der Waals surface area contributed by atoms with Crippen molar-refractivity contribution in [3.05, 3.63) is 58.3 Å². The molecule has 0 saturated carbocycles. The molecule has 144 valence electrons. The van der Waals surface area contributed by atoms with Gasteiger partial charge in [0.2, 0.25) is 0 Å². The van der Waals surface area contributed by atoms with Crippen molar-refractivity contribution in [3.63, 3.8) is 0 Å². The van der Waals surface area contributed by atoms with Crippen molar-refractivity contribution in [2.45, 2.75) is 25.6 Å². The van der Waals surface area contributed by atoms with Gasteiger partial charge in [-0.25, -0.2) is 4.99 Å². The Bertz CT molecular complexity index is 648. The molecule has 0 radical (unpaired) electrons. The maximum atomic E-state index is 10.6. The Morgan fingerprint density at radius 2 is 1.96 bits per heavy atom. The highest BCUT2D eigenvalue weighted by molar-refractivity contribution is 14.0. The minimum absolute atomic E-state index is 0. The summed E-state index contributed by atoms with van der Waals surface area (Å²) in [6.45, 7) is 5.42. The minimum Gasteiger partial charge on any atom is -0.383 e. The summed E-state index contributed by atoms with van der Waals surface area (Å²) in [5.41, 5.74) is 0.135. The number of nitrogens with zero attached hydrogens (tertiary/aromatic N) is 1. The molecular formula is C19H28IN3O2S. The van der Waals surface area contributed by atoms with E-state index >= 15 is 0 Å². The number of thiophene rings is 1. The van der Waals surface area contributed by atoms with E-state index in [1.807, 2.05) is 54.8 Å². The van der Waals surface area contributed by atoms with E-state index in [1.165, 1.54) is 11.3 Å². The highest BCUT2D eigenvalue weighted by atomic mass is 127. The minimum atomic E-state index is -0.976. The quantitative estimate of drug-likeness (QED) is 0.302. The number of aliphatic hydroxyl groups is 1. The van der Waals surface area contributed by atoms with E-state index in [4.69, 9.17) is 4.74 Å². The standard InChI is InChI=1S/C19H27N3O2S.HI/c1-4-20-18(22-14-19(2,23)17-11-8-12-25-17)21-13-16(24-3)15-9-6-5-7-10-15;/h5-12,16,23H,4,13-14H2,1-3H3,(H2,20,21,22);1H. The first-order chi connectivity index (χ1) is 12.1. The summed E-state index contributed by atoms with van der Waals surface area (Å²) in [6, 6.07) is 13.9. The van der Waals surface area contributed by atoms with Gasteiger partial charge in [-0.15, -0.1) is 35.3 Å². The molecule has 7 heteroatoms. The number of methoxy groups -OCH3 is 1. The normalized spacial score (nSPS) is 14.8. The number of hydrogen-bond donors (Lipinski definition) is 3. The zero-order valence-corrected chi connectivity index (χ0v) is 18.6. The van der Waals surface area contributed by atoms with Gasteiger partial charge < -0.3 is 20.5 Å². The molecule has 0 aliphatic heterocycles. The second kappa shape index (κ2) is 11.5. The summed E-state index contributed by atoms with van der Waals surface area (Å²) in [5, 5.41) is 19.1. The van der Waals surface area contributed by atoms with Crippen LogP contribution in [0.1, 0.15) is 30.4 Å².